The van der Waals surface area contributed by atoms with Crippen LogP contribution in [0.2, 0.25) is 0 Å². The molecule has 2 rings (SSSR count). The Bertz CT molecular complexity index is 497. The summed E-state index contributed by atoms with van der Waals surface area (Å²) in [5.74, 6) is 0. The molecular weight excluding hydrogens is 258 g/mol. The normalized spacial score (nSPS) is 15.7. The lowest BCUT2D eigenvalue weighted by molar-refractivity contribution is 0.193. The van der Waals surface area contributed by atoms with E-state index in [-0.39, 0.29) is 12.1 Å². The van der Waals surface area contributed by atoms with Crippen molar-refractivity contribution < 1.29 is 9.59 Å². The maximum atomic E-state index is 11.0. The second kappa shape index (κ2) is 6.14. The monoisotopic (exact) mass is 277 g/mol. The van der Waals surface area contributed by atoms with Crippen LogP contribution in [0.25, 0.3) is 0 Å². The van der Waals surface area contributed by atoms with Gasteiger partial charge in [-0.3, -0.25) is 0 Å². The summed E-state index contributed by atoms with van der Waals surface area (Å²) in [6.45, 7) is 1.32. The lowest BCUT2D eigenvalue weighted by Gasteiger charge is -2.31. The number of nitrogens with zero attached hydrogens (tertiary/aromatic N) is 1. The molecule has 7 nitrogen and oxygen atoms in total. The van der Waals surface area contributed by atoms with Gasteiger partial charge in [-0.1, -0.05) is 6.07 Å². The van der Waals surface area contributed by atoms with Crippen molar-refractivity contribution in [3.63, 3.8) is 0 Å². The molecule has 7 heteroatoms. The molecule has 0 bridgehead atoms. The molecule has 0 unspecified atom stereocenters. The zero-order chi connectivity index (χ0) is 14.5. The van der Waals surface area contributed by atoms with Gasteiger partial charge in [0.25, 0.3) is 0 Å². The van der Waals surface area contributed by atoms with E-state index in [9.17, 15) is 9.59 Å². The Hall–Kier alpha value is -2.44. The number of primary amides is 2. The number of likely N-dealkylation sites (tertiary alicyclic amines) is 1. The number of rotatable bonds is 3. The van der Waals surface area contributed by atoms with Crippen molar-refractivity contribution in [1.29, 1.82) is 0 Å². The van der Waals surface area contributed by atoms with Crippen LogP contribution in [0, 0.1) is 0 Å². The highest BCUT2D eigenvalue weighted by atomic mass is 16.2. The van der Waals surface area contributed by atoms with Gasteiger partial charge < -0.3 is 27.0 Å². The highest BCUT2D eigenvalue weighted by Gasteiger charge is 2.20. The zero-order valence-corrected chi connectivity index (χ0v) is 11.1. The molecular formula is C13H19N5O2. The Morgan fingerprint density at radius 3 is 2.40 bits per heavy atom. The van der Waals surface area contributed by atoms with E-state index in [1.807, 2.05) is 18.2 Å². The molecule has 6 N–H and O–H groups in total. The third kappa shape index (κ3) is 3.78. The molecule has 1 saturated heterocycles. The zero-order valence-electron chi connectivity index (χ0n) is 11.1. The highest BCUT2D eigenvalue weighted by molar-refractivity contribution is 5.88. The largest absolute Gasteiger partial charge is 0.382 e. The van der Waals surface area contributed by atoms with E-state index in [2.05, 4.69) is 10.6 Å². The van der Waals surface area contributed by atoms with Crippen LogP contribution in [0.4, 0.5) is 21.0 Å². The first-order chi connectivity index (χ1) is 9.54. The Morgan fingerprint density at radius 1 is 1.15 bits per heavy atom. The summed E-state index contributed by atoms with van der Waals surface area (Å²) < 4.78 is 0. The summed E-state index contributed by atoms with van der Waals surface area (Å²) in [6.07, 6.45) is 1.69. The van der Waals surface area contributed by atoms with E-state index in [1.165, 1.54) is 0 Å². The van der Waals surface area contributed by atoms with Crippen molar-refractivity contribution in [3.8, 4) is 0 Å². The van der Waals surface area contributed by atoms with Crippen molar-refractivity contribution >= 4 is 23.4 Å². The fourth-order valence-corrected chi connectivity index (χ4v) is 2.31. The van der Waals surface area contributed by atoms with Crippen LogP contribution in [0.5, 0.6) is 0 Å². The first-order valence-electron chi connectivity index (χ1n) is 6.52. The second-order valence-corrected chi connectivity index (χ2v) is 4.81. The molecule has 1 aliphatic rings. The van der Waals surface area contributed by atoms with Gasteiger partial charge in [-0.05, 0) is 31.0 Å². The van der Waals surface area contributed by atoms with Crippen LogP contribution in [-0.2, 0) is 0 Å². The van der Waals surface area contributed by atoms with Crippen molar-refractivity contribution in [2.45, 2.75) is 18.9 Å². The van der Waals surface area contributed by atoms with Crippen molar-refractivity contribution in [3.05, 3.63) is 24.3 Å². The molecule has 20 heavy (non-hydrogen) atoms. The lowest BCUT2D eigenvalue weighted by Crippen LogP contribution is -2.44. The molecule has 1 aromatic rings. The number of hydrogen-bond donors (Lipinski definition) is 4. The fourth-order valence-electron chi connectivity index (χ4n) is 2.31. The minimum absolute atomic E-state index is 0.287. The standard InChI is InChI=1S/C13H19N5O2/c14-12(19)17-11-3-1-2-10(8-11)16-9-4-6-18(7-5-9)13(15)20/h1-3,8-9,16H,4-7H2,(H2,15,20)(H3,14,17,19). The van der Waals surface area contributed by atoms with Gasteiger partial charge in [-0.2, -0.15) is 0 Å². The van der Waals surface area contributed by atoms with E-state index >= 15 is 0 Å². The smallest absolute Gasteiger partial charge is 0.316 e. The third-order valence-corrected chi connectivity index (χ3v) is 3.31. The molecule has 4 amide bonds. The number of carbonyl (C=O) groups excluding carboxylic acids is 2. The molecule has 0 spiro atoms. The highest BCUT2D eigenvalue weighted by Crippen LogP contribution is 2.19. The summed E-state index contributed by atoms with van der Waals surface area (Å²) in [5, 5.41) is 5.92. The third-order valence-electron chi connectivity index (χ3n) is 3.31. The lowest BCUT2D eigenvalue weighted by atomic mass is 10.0. The Labute approximate surface area is 117 Å². The topological polar surface area (TPSA) is 113 Å². The first kappa shape index (κ1) is 14.0. The molecule has 0 atom stereocenters. The Kier molecular flexibility index (Phi) is 4.29. The minimum Gasteiger partial charge on any atom is -0.382 e. The molecule has 1 fully saturated rings. The van der Waals surface area contributed by atoms with Gasteiger partial charge in [0.15, 0.2) is 0 Å². The average Bonchev–Trinajstić information content (AvgIpc) is 2.39. The predicted octanol–water partition coefficient (Wildman–Crippen LogP) is 1.13. The van der Waals surface area contributed by atoms with Crippen molar-refractivity contribution in [2.75, 3.05) is 23.7 Å². The number of urea groups is 2. The maximum absolute atomic E-state index is 11.0. The van der Waals surface area contributed by atoms with Crippen LogP contribution in [0.3, 0.4) is 0 Å². The van der Waals surface area contributed by atoms with Crippen molar-refractivity contribution in [1.82, 2.24) is 4.90 Å². The number of anilines is 2. The molecule has 0 aromatic heterocycles. The van der Waals surface area contributed by atoms with Crippen LogP contribution < -0.4 is 22.1 Å². The quantitative estimate of drug-likeness (QED) is 0.664. The SMILES string of the molecule is NC(=O)Nc1cccc(NC2CCN(C(N)=O)CC2)c1. The summed E-state index contributed by atoms with van der Waals surface area (Å²) in [6, 6.07) is 6.69. The molecule has 1 heterocycles. The Morgan fingerprint density at radius 2 is 1.80 bits per heavy atom. The van der Waals surface area contributed by atoms with Crippen LogP contribution in [-0.4, -0.2) is 36.1 Å². The van der Waals surface area contributed by atoms with E-state index in [0.717, 1.165) is 18.5 Å². The fraction of sp³-hybridized carbons (Fsp3) is 0.385. The Balaban J connectivity index is 1.91. The van der Waals surface area contributed by atoms with Gasteiger partial charge in [0.2, 0.25) is 0 Å². The van der Waals surface area contributed by atoms with E-state index < -0.39 is 6.03 Å². The van der Waals surface area contributed by atoms with Crippen molar-refractivity contribution in [2.24, 2.45) is 11.5 Å². The predicted molar refractivity (Wildman–Crippen MR) is 77.4 cm³/mol. The van der Waals surface area contributed by atoms with E-state index in [1.54, 1.807) is 11.0 Å². The summed E-state index contributed by atoms with van der Waals surface area (Å²) in [4.78, 5) is 23.5. The van der Waals surface area contributed by atoms with Gasteiger partial charge in [0.1, 0.15) is 0 Å². The molecule has 0 aliphatic carbocycles. The second-order valence-electron chi connectivity index (χ2n) is 4.81. The first-order valence-corrected chi connectivity index (χ1v) is 6.52. The van der Waals surface area contributed by atoms with Crippen LogP contribution >= 0.6 is 0 Å². The van der Waals surface area contributed by atoms with Crippen LogP contribution in [0.15, 0.2) is 24.3 Å². The summed E-state index contributed by atoms with van der Waals surface area (Å²) in [5.41, 5.74) is 11.9. The van der Waals surface area contributed by atoms with Gasteiger partial charge in [0.05, 0.1) is 0 Å². The number of hydrogen-bond acceptors (Lipinski definition) is 3. The number of carbonyl (C=O) groups is 2. The maximum Gasteiger partial charge on any atom is 0.316 e. The van der Waals surface area contributed by atoms with Gasteiger partial charge in [0, 0.05) is 30.5 Å². The van der Waals surface area contributed by atoms with Gasteiger partial charge in [-0.25, -0.2) is 9.59 Å². The molecule has 0 saturated carbocycles. The van der Waals surface area contributed by atoms with Gasteiger partial charge in [-0.15, -0.1) is 0 Å². The average molecular weight is 277 g/mol. The number of nitrogens with one attached hydrogen (secondary N) is 2. The minimum atomic E-state index is -0.586. The molecule has 1 aromatic carbocycles. The molecule has 108 valence electrons. The van der Waals surface area contributed by atoms with Gasteiger partial charge >= 0.3 is 12.1 Å². The van der Waals surface area contributed by atoms with Crippen LogP contribution in [0.1, 0.15) is 12.8 Å². The number of piperidine rings is 1. The molecule has 1 aliphatic heterocycles. The number of amides is 4. The number of nitrogens with two attached hydrogens (primary N) is 2. The summed E-state index contributed by atoms with van der Waals surface area (Å²) >= 11 is 0. The molecule has 0 radical (unpaired) electrons. The van der Waals surface area contributed by atoms with E-state index in [4.69, 9.17) is 11.5 Å². The van der Waals surface area contributed by atoms with E-state index in [0.29, 0.717) is 18.8 Å². The summed E-state index contributed by atoms with van der Waals surface area (Å²) in [7, 11) is 0. The number of benzene rings is 1.